The summed E-state index contributed by atoms with van der Waals surface area (Å²) in [7, 11) is -0.838. The summed E-state index contributed by atoms with van der Waals surface area (Å²) >= 11 is 0. The van der Waals surface area contributed by atoms with Gasteiger partial charge in [0.05, 0.1) is 6.54 Å². The molecule has 94 valence electrons. The lowest BCUT2D eigenvalue weighted by Crippen LogP contribution is -2.45. The molecular formula is C10H21N3O2S. The molecule has 0 radical (unpaired) electrons. The van der Waals surface area contributed by atoms with Crippen molar-refractivity contribution in [3.8, 4) is 0 Å². The van der Waals surface area contributed by atoms with Crippen LogP contribution in [0.15, 0.2) is 0 Å². The Morgan fingerprint density at radius 3 is 2.69 bits per heavy atom. The molecule has 1 atom stereocenters. The number of amides is 1. The zero-order chi connectivity index (χ0) is 12.0. The molecule has 1 aliphatic rings. The van der Waals surface area contributed by atoms with Gasteiger partial charge < -0.3 is 11.1 Å². The van der Waals surface area contributed by atoms with Crippen LogP contribution in [0, 0.1) is 0 Å². The molecule has 6 heteroatoms. The molecule has 0 aliphatic carbocycles. The standard InChI is InChI=1S/C10H21N3O2S/c1-16(15)7-4-12-10(14)8-13-5-2-9(11)3-6-13/h9H,2-8,11H2,1H3,(H,12,14). The zero-order valence-corrected chi connectivity index (χ0v) is 10.6. The maximum atomic E-state index is 11.5. The highest BCUT2D eigenvalue weighted by Crippen LogP contribution is 2.06. The first-order valence-electron chi connectivity index (χ1n) is 5.62. The maximum absolute atomic E-state index is 11.5. The Kier molecular flexibility index (Phi) is 5.94. The molecule has 0 aromatic rings. The van der Waals surface area contributed by atoms with Crippen molar-refractivity contribution in [2.45, 2.75) is 18.9 Å². The SMILES string of the molecule is CS(=O)CCNC(=O)CN1CCC(N)CC1. The van der Waals surface area contributed by atoms with Crippen LogP contribution in [0.25, 0.3) is 0 Å². The summed E-state index contributed by atoms with van der Waals surface area (Å²) in [6, 6.07) is 0.293. The third-order valence-corrected chi connectivity index (χ3v) is 3.49. The van der Waals surface area contributed by atoms with Gasteiger partial charge in [-0.05, 0) is 12.8 Å². The maximum Gasteiger partial charge on any atom is 0.234 e. The van der Waals surface area contributed by atoms with Gasteiger partial charge >= 0.3 is 0 Å². The van der Waals surface area contributed by atoms with Crippen molar-refractivity contribution in [2.24, 2.45) is 5.73 Å². The Hall–Kier alpha value is -0.460. The molecule has 3 N–H and O–H groups in total. The number of nitrogens with two attached hydrogens (primary N) is 1. The Morgan fingerprint density at radius 2 is 2.12 bits per heavy atom. The van der Waals surface area contributed by atoms with E-state index in [2.05, 4.69) is 10.2 Å². The summed E-state index contributed by atoms with van der Waals surface area (Å²) in [4.78, 5) is 13.6. The lowest BCUT2D eigenvalue weighted by atomic mass is 10.1. The Bertz CT molecular complexity index is 252. The molecule has 0 aromatic carbocycles. The van der Waals surface area contributed by atoms with Crippen molar-refractivity contribution >= 4 is 16.7 Å². The second kappa shape index (κ2) is 6.98. The van der Waals surface area contributed by atoms with E-state index in [1.807, 2.05) is 0 Å². The number of nitrogens with zero attached hydrogens (tertiary/aromatic N) is 1. The summed E-state index contributed by atoms with van der Waals surface area (Å²) in [5, 5.41) is 2.77. The van der Waals surface area contributed by atoms with E-state index in [9.17, 15) is 9.00 Å². The van der Waals surface area contributed by atoms with Crippen LogP contribution in [0.5, 0.6) is 0 Å². The third-order valence-electron chi connectivity index (χ3n) is 2.71. The minimum absolute atomic E-state index is 0.0147. The smallest absolute Gasteiger partial charge is 0.234 e. The van der Waals surface area contributed by atoms with Crippen molar-refractivity contribution in [1.29, 1.82) is 0 Å². The van der Waals surface area contributed by atoms with Crippen LogP contribution >= 0.6 is 0 Å². The van der Waals surface area contributed by atoms with Gasteiger partial charge in [-0.25, -0.2) is 0 Å². The minimum atomic E-state index is -0.838. The highest BCUT2D eigenvalue weighted by molar-refractivity contribution is 7.84. The van der Waals surface area contributed by atoms with E-state index in [1.165, 1.54) is 0 Å². The molecule has 0 bridgehead atoms. The van der Waals surface area contributed by atoms with E-state index in [4.69, 9.17) is 5.73 Å². The van der Waals surface area contributed by atoms with E-state index < -0.39 is 10.8 Å². The van der Waals surface area contributed by atoms with Gasteiger partial charge in [0.15, 0.2) is 0 Å². The average molecular weight is 247 g/mol. The number of carbonyl (C=O) groups is 1. The van der Waals surface area contributed by atoms with Crippen LogP contribution in [-0.4, -0.2) is 59.2 Å². The highest BCUT2D eigenvalue weighted by Gasteiger charge is 2.17. The number of carbonyl (C=O) groups excluding carboxylic acids is 1. The third kappa shape index (κ3) is 5.58. The van der Waals surface area contributed by atoms with Crippen molar-refractivity contribution in [3.05, 3.63) is 0 Å². The lowest BCUT2D eigenvalue weighted by Gasteiger charge is -2.29. The molecule has 1 fully saturated rings. The van der Waals surface area contributed by atoms with Gasteiger partial charge in [0.25, 0.3) is 0 Å². The van der Waals surface area contributed by atoms with Gasteiger partial charge in [-0.2, -0.15) is 0 Å². The minimum Gasteiger partial charge on any atom is -0.354 e. The van der Waals surface area contributed by atoms with Gasteiger partial charge in [0.2, 0.25) is 5.91 Å². The zero-order valence-electron chi connectivity index (χ0n) is 9.78. The second-order valence-electron chi connectivity index (χ2n) is 4.24. The van der Waals surface area contributed by atoms with Crippen molar-refractivity contribution in [2.75, 3.05) is 38.2 Å². The highest BCUT2D eigenvalue weighted by atomic mass is 32.2. The topological polar surface area (TPSA) is 75.4 Å². The van der Waals surface area contributed by atoms with Gasteiger partial charge in [0.1, 0.15) is 0 Å². The molecule has 16 heavy (non-hydrogen) atoms. The van der Waals surface area contributed by atoms with E-state index >= 15 is 0 Å². The number of nitrogens with one attached hydrogen (secondary N) is 1. The average Bonchev–Trinajstić information content (AvgIpc) is 2.21. The van der Waals surface area contributed by atoms with Gasteiger partial charge in [-0.1, -0.05) is 0 Å². The van der Waals surface area contributed by atoms with Crippen LogP contribution in [-0.2, 0) is 15.6 Å². The first-order chi connectivity index (χ1) is 7.58. The molecule has 1 heterocycles. The van der Waals surface area contributed by atoms with E-state index in [-0.39, 0.29) is 5.91 Å². The monoisotopic (exact) mass is 247 g/mol. The second-order valence-corrected chi connectivity index (χ2v) is 5.80. The first-order valence-corrected chi connectivity index (χ1v) is 7.35. The molecule has 1 unspecified atom stereocenters. The van der Waals surface area contributed by atoms with Crippen LogP contribution in [0.4, 0.5) is 0 Å². The number of hydrogen-bond donors (Lipinski definition) is 2. The van der Waals surface area contributed by atoms with Crippen molar-refractivity contribution in [1.82, 2.24) is 10.2 Å². The van der Waals surface area contributed by atoms with Crippen LogP contribution in [0.2, 0.25) is 0 Å². The normalized spacial score (nSPS) is 20.6. The Balaban J connectivity index is 2.11. The molecule has 0 aromatic heterocycles. The predicted octanol–water partition coefficient (Wildman–Crippen LogP) is -1.10. The summed E-state index contributed by atoms with van der Waals surface area (Å²) in [5.74, 6) is 0.539. The number of hydrogen-bond acceptors (Lipinski definition) is 4. The summed E-state index contributed by atoms with van der Waals surface area (Å²) < 4.78 is 10.8. The van der Waals surface area contributed by atoms with Crippen molar-refractivity contribution in [3.63, 3.8) is 0 Å². The van der Waals surface area contributed by atoms with E-state index in [1.54, 1.807) is 6.26 Å². The molecule has 5 nitrogen and oxygen atoms in total. The molecule has 1 saturated heterocycles. The largest absolute Gasteiger partial charge is 0.354 e. The Morgan fingerprint density at radius 1 is 1.50 bits per heavy atom. The van der Waals surface area contributed by atoms with Gasteiger partial charge in [-0.3, -0.25) is 13.9 Å². The molecular weight excluding hydrogens is 226 g/mol. The van der Waals surface area contributed by atoms with E-state index in [0.717, 1.165) is 25.9 Å². The number of rotatable bonds is 5. The first kappa shape index (κ1) is 13.6. The van der Waals surface area contributed by atoms with Crippen LogP contribution in [0.1, 0.15) is 12.8 Å². The molecule has 1 rings (SSSR count). The van der Waals surface area contributed by atoms with Crippen LogP contribution < -0.4 is 11.1 Å². The van der Waals surface area contributed by atoms with Crippen molar-refractivity contribution < 1.29 is 9.00 Å². The Labute approximate surface area is 99.2 Å². The lowest BCUT2D eigenvalue weighted by molar-refractivity contribution is -0.122. The number of piperidine rings is 1. The fourth-order valence-corrected chi connectivity index (χ4v) is 2.09. The van der Waals surface area contributed by atoms with Gasteiger partial charge in [0, 0.05) is 48.5 Å². The van der Waals surface area contributed by atoms with Crippen LogP contribution in [0.3, 0.4) is 0 Å². The molecule has 1 amide bonds. The summed E-state index contributed by atoms with van der Waals surface area (Å²) in [5.41, 5.74) is 5.78. The fourth-order valence-electron chi connectivity index (χ4n) is 1.70. The summed E-state index contributed by atoms with van der Waals surface area (Å²) in [6.07, 6.45) is 3.57. The number of likely N-dealkylation sites (tertiary alicyclic amines) is 1. The quantitative estimate of drug-likeness (QED) is 0.647. The van der Waals surface area contributed by atoms with E-state index in [0.29, 0.717) is 24.9 Å². The molecule has 0 spiro atoms. The molecule has 1 aliphatic heterocycles. The predicted molar refractivity (Wildman–Crippen MR) is 65.6 cm³/mol. The summed E-state index contributed by atoms with van der Waals surface area (Å²) in [6.45, 7) is 2.72. The fraction of sp³-hybridized carbons (Fsp3) is 0.900. The molecule has 0 saturated carbocycles. The van der Waals surface area contributed by atoms with Gasteiger partial charge in [-0.15, -0.1) is 0 Å².